The molecule has 5 heteroatoms. The number of anilines is 2. The van der Waals surface area contributed by atoms with Gasteiger partial charge in [0.15, 0.2) is 0 Å². The van der Waals surface area contributed by atoms with E-state index in [0.717, 1.165) is 9.26 Å². The third-order valence-corrected chi connectivity index (χ3v) is 3.27. The Kier molecular flexibility index (Phi) is 4.00. The fraction of sp³-hybridized carbons (Fsp3) is 0.0909. The van der Waals surface area contributed by atoms with Crippen molar-refractivity contribution in [1.29, 1.82) is 0 Å². The van der Waals surface area contributed by atoms with Crippen LogP contribution in [-0.2, 0) is 0 Å². The molecule has 2 rings (SSSR count). The van der Waals surface area contributed by atoms with Gasteiger partial charge in [0.25, 0.3) is 0 Å². The van der Waals surface area contributed by atoms with Gasteiger partial charge in [0.05, 0.1) is 0 Å². The Bertz CT molecular complexity index is 456. The third-order valence-electron chi connectivity index (χ3n) is 1.97. The predicted octanol–water partition coefficient (Wildman–Crippen LogP) is 3.55. The molecule has 0 unspecified atom stereocenters. The number of halogens is 1. The molecule has 1 heterocycles. The number of benzene rings is 1. The summed E-state index contributed by atoms with van der Waals surface area (Å²) < 4.78 is 1.03. The van der Waals surface area contributed by atoms with Gasteiger partial charge in [-0.1, -0.05) is 0 Å². The van der Waals surface area contributed by atoms with E-state index in [2.05, 4.69) is 56.3 Å². The summed E-state index contributed by atoms with van der Waals surface area (Å²) in [6.45, 7) is 0. The molecular formula is C11H10IN3S. The Morgan fingerprint density at radius 1 is 1.12 bits per heavy atom. The number of nitrogens with one attached hydrogen (secondary N) is 1. The van der Waals surface area contributed by atoms with E-state index >= 15 is 0 Å². The SMILES string of the molecule is CSc1ccc(Nc2ncc(I)cn2)cc1. The minimum atomic E-state index is 0.623. The van der Waals surface area contributed by atoms with Crippen LogP contribution in [0.15, 0.2) is 41.6 Å². The van der Waals surface area contributed by atoms with Crippen LogP contribution < -0.4 is 5.32 Å². The maximum Gasteiger partial charge on any atom is 0.227 e. The highest BCUT2D eigenvalue weighted by atomic mass is 127. The number of nitrogens with zero attached hydrogens (tertiary/aromatic N) is 2. The first kappa shape index (κ1) is 11.7. The summed E-state index contributed by atoms with van der Waals surface area (Å²) in [5, 5.41) is 3.15. The van der Waals surface area contributed by atoms with Crippen LogP contribution in [-0.4, -0.2) is 16.2 Å². The second-order valence-corrected chi connectivity index (χ2v) is 5.20. The summed E-state index contributed by atoms with van der Waals surface area (Å²) in [5.74, 6) is 0.623. The molecule has 1 aromatic carbocycles. The third kappa shape index (κ3) is 3.08. The van der Waals surface area contributed by atoms with Gasteiger partial charge in [-0.25, -0.2) is 9.97 Å². The van der Waals surface area contributed by atoms with Gasteiger partial charge in [-0.05, 0) is 53.1 Å². The Balaban J connectivity index is 2.11. The van der Waals surface area contributed by atoms with Crippen LogP contribution in [0.4, 0.5) is 11.6 Å². The molecule has 16 heavy (non-hydrogen) atoms. The van der Waals surface area contributed by atoms with Crippen molar-refractivity contribution in [2.45, 2.75) is 4.90 Å². The number of aromatic nitrogens is 2. The van der Waals surface area contributed by atoms with Gasteiger partial charge in [-0.15, -0.1) is 11.8 Å². The largest absolute Gasteiger partial charge is 0.324 e. The van der Waals surface area contributed by atoms with Crippen LogP contribution in [0.2, 0.25) is 0 Å². The zero-order valence-electron chi connectivity index (χ0n) is 8.64. The van der Waals surface area contributed by atoms with Crippen molar-refractivity contribution in [1.82, 2.24) is 9.97 Å². The van der Waals surface area contributed by atoms with Crippen molar-refractivity contribution < 1.29 is 0 Å². The molecule has 0 amide bonds. The smallest absolute Gasteiger partial charge is 0.227 e. The number of hydrogen-bond donors (Lipinski definition) is 1. The Hall–Kier alpha value is -0.820. The molecule has 0 spiro atoms. The normalized spacial score (nSPS) is 10.1. The molecule has 1 N–H and O–H groups in total. The zero-order chi connectivity index (χ0) is 11.4. The van der Waals surface area contributed by atoms with E-state index in [1.165, 1.54) is 4.90 Å². The second kappa shape index (κ2) is 5.49. The molecule has 1 aromatic heterocycles. The summed E-state index contributed by atoms with van der Waals surface area (Å²) in [6, 6.07) is 8.18. The van der Waals surface area contributed by atoms with E-state index in [1.54, 1.807) is 24.2 Å². The van der Waals surface area contributed by atoms with Crippen molar-refractivity contribution in [2.24, 2.45) is 0 Å². The fourth-order valence-corrected chi connectivity index (χ4v) is 1.87. The van der Waals surface area contributed by atoms with Gasteiger partial charge in [0.2, 0.25) is 5.95 Å². The van der Waals surface area contributed by atoms with Gasteiger partial charge in [0.1, 0.15) is 0 Å². The van der Waals surface area contributed by atoms with Crippen molar-refractivity contribution in [3.8, 4) is 0 Å². The van der Waals surface area contributed by atoms with E-state index in [4.69, 9.17) is 0 Å². The van der Waals surface area contributed by atoms with Crippen LogP contribution in [0, 0.1) is 3.57 Å². The summed E-state index contributed by atoms with van der Waals surface area (Å²) in [7, 11) is 0. The van der Waals surface area contributed by atoms with Crippen LogP contribution >= 0.6 is 34.4 Å². The van der Waals surface area contributed by atoms with Gasteiger partial charge < -0.3 is 5.32 Å². The Labute approximate surface area is 112 Å². The van der Waals surface area contributed by atoms with E-state index < -0.39 is 0 Å². The maximum absolute atomic E-state index is 4.18. The Morgan fingerprint density at radius 3 is 2.31 bits per heavy atom. The quantitative estimate of drug-likeness (QED) is 0.683. The zero-order valence-corrected chi connectivity index (χ0v) is 11.6. The molecule has 0 saturated heterocycles. The monoisotopic (exact) mass is 343 g/mol. The predicted molar refractivity (Wildman–Crippen MR) is 76.3 cm³/mol. The summed E-state index contributed by atoms with van der Waals surface area (Å²) in [5.41, 5.74) is 0.999. The van der Waals surface area contributed by atoms with Crippen molar-refractivity contribution in [3.63, 3.8) is 0 Å². The van der Waals surface area contributed by atoms with Crippen molar-refractivity contribution >= 4 is 46.0 Å². The summed E-state index contributed by atoms with van der Waals surface area (Å²) in [4.78, 5) is 9.61. The molecule has 0 bridgehead atoms. The van der Waals surface area contributed by atoms with Gasteiger partial charge in [-0.2, -0.15) is 0 Å². The number of thioether (sulfide) groups is 1. The highest BCUT2D eigenvalue weighted by Crippen LogP contribution is 2.19. The van der Waals surface area contributed by atoms with Crippen LogP contribution in [0.1, 0.15) is 0 Å². The lowest BCUT2D eigenvalue weighted by Gasteiger charge is -2.04. The second-order valence-electron chi connectivity index (χ2n) is 3.08. The van der Waals surface area contributed by atoms with Gasteiger partial charge in [0, 0.05) is 26.5 Å². The maximum atomic E-state index is 4.18. The van der Waals surface area contributed by atoms with Crippen LogP contribution in [0.25, 0.3) is 0 Å². The topological polar surface area (TPSA) is 37.8 Å². The molecule has 2 aromatic rings. The van der Waals surface area contributed by atoms with E-state index in [9.17, 15) is 0 Å². The van der Waals surface area contributed by atoms with Gasteiger partial charge in [-0.3, -0.25) is 0 Å². The molecule has 0 fully saturated rings. The lowest BCUT2D eigenvalue weighted by atomic mass is 10.3. The molecule has 3 nitrogen and oxygen atoms in total. The Morgan fingerprint density at radius 2 is 1.75 bits per heavy atom. The highest BCUT2D eigenvalue weighted by Gasteiger charge is 1.97. The molecular weight excluding hydrogens is 333 g/mol. The number of rotatable bonds is 3. The molecule has 0 atom stereocenters. The van der Waals surface area contributed by atoms with E-state index in [0.29, 0.717) is 5.95 Å². The average molecular weight is 343 g/mol. The average Bonchev–Trinajstić information content (AvgIpc) is 2.33. The molecule has 0 radical (unpaired) electrons. The van der Waals surface area contributed by atoms with E-state index in [1.807, 2.05) is 12.1 Å². The first-order valence-corrected chi connectivity index (χ1v) is 6.97. The molecule has 82 valence electrons. The molecule has 0 saturated carbocycles. The molecule has 0 aliphatic heterocycles. The lowest BCUT2D eigenvalue weighted by Crippen LogP contribution is -1.96. The lowest BCUT2D eigenvalue weighted by molar-refractivity contribution is 1.15. The molecule has 0 aliphatic rings. The van der Waals surface area contributed by atoms with Crippen LogP contribution in [0.5, 0.6) is 0 Å². The van der Waals surface area contributed by atoms with Crippen LogP contribution in [0.3, 0.4) is 0 Å². The fourth-order valence-electron chi connectivity index (χ4n) is 1.18. The first-order valence-electron chi connectivity index (χ1n) is 4.66. The van der Waals surface area contributed by atoms with Gasteiger partial charge >= 0.3 is 0 Å². The molecule has 0 aliphatic carbocycles. The minimum absolute atomic E-state index is 0.623. The van der Waals surface area contributed by atoms with E-state index in [-0.39, 0.29) is 0 Å². The van der Waals surface area contributed by atoms with Crippen molar-refractivity contribution in [2.75, 3.05) is 11.6 Å². The number of hydrogen-bond acceptors (Lipinski definition) is 4. The summed E-state index contributed by atoms with van der Waals surface area (Å²) >= 11 is 3.91. The summed E-state index contributed by atoms with van der Waals surface area (Å²) in [6.07, 6.45) is 5.63. The standard InChI is InChI=1S/C11H10IN3S/c1-16-10-4-2-9(3-5-10)15-11-13-6-8(12)7-14-11/h2-7H,1H3,(H,13,14,15). The highest BCUT2D eigenvalue weighted by molar-refractivity contribution is 14.1. The van der Waals surface area contributed by atoms with Crippen molar-refractivity contribution in [3.05, 3.63) is 40.2 Å². The first-order chi connectivity index (χ1) is 7.78. The minimum Gasteiger partial charge on any atom is -0.324 e.